The van der Waals surface area contributed by atoms with Crippen LogP contribution in [0, 0.1) is 0 Å². The summed E-state index contributed by atoms with van der Waals surface area (Å²) in [5.41, 5.74) is -5.11. The first-order valence-electron chi connectivity index (χ1n) is 8.43. The quantitative estimate of drug-likeness (QED) is 0.606. The Kier molecular flexibility index (Phi) is 5.57. The number of halogens is 9. The molecular formula is C18H11F9N2O2. The highest BCUT2D eigenvalue weighted by molar-refractivity contribution is 5.95. The minimum atomic E-state index is -5.11. The topological polar surface area (TPSA) is 42.4 Å². The zero-order chi connectivity index (χ0) is 23.2. The van der Waals surface area contributed by atoms with Crippen LogP contribution in [0.3, 0.4) is 0 Å². The summed E-state index contributed by atoms with van der Waals surface area (Å²) in [5.74, 6) is -1.49. The standard InChI is InChI=1S/C18H11F9N2O2/c19-16(20,21)10-1-2-28-14(6-10)31-13-7-29(8-13)15(30)9-3-11(17(22,23)24)5-12(4-9)18(25,26)27/h1-6,13H,7-8H2. The number of hydrogen-bond acceptors (Lipinski definition) is 3. The second kappa shape index (κ2) is 7.61. The molecule has 0 radical (unpaired) electrons. The van der Waals surface area contributed by atoms with E-state index in [0.717, 1.165) is 17.2 Å². The molecule has 1 aromatic carbocycles. The predicted octanol–water partition coefficient (Wildman–Crippen LogP) is 5.04. The van der Waals surface area contributed by atoms with Crippen molar-refractivity contribution in [1.29, 1.82) is 0 Å². The number of hydrogen-bond donors (Lipinski definition) is 0. The van der Waals surface area contributed by atoms with Crippen molar-refractivity contribution >= 4 is 5.91 Å². The number of alkyl halides is 9. The van der Waals surface area contributed by atoms with Crippen LogP contribution < -0.4 is 4.74 Å². The molecule has 2 heterocycles. The lowest BCUT2D eigenvalue weighted by molar-refractivity contribution is -0.143. The summed E-state index contributed by atoms with van der Waals surface area (Å²) in [6, 6.07) is 1.86. The van der Waals surface area contributed by atoms with Crippen LogP contribution in [-0.2, 0) is 18.5 Å². The molecule has 0 spiro atoms. The number of likely N-dealkylation sites (tertiary alicyclic amines) is 1. The zero-order valence-corrected chi connectivity index (χ0v) is 15.1. The Morgan fingerprint density at radius 1 is 0.839 bits per heavy atom. The molecule has 2 aromatic rings. The number of carbonyl (C=O) groups excluding carboxylic acids is 1. The largest absolute Gasteiger partial charge is 0.471 e. The average Bonchev–Trinajstić information content (AvgIpc) is 2.61. The Morgan fingerprint density at radius 3 is 1.84 bits per heavy atom. The summed E-state index contributed by atoms with van der Waals surface area (Å²) >= 11 is 0. The third kappa shape index (κ3) is 5.20. The lowest BCUT2D eigenvalue weighted by Crippen LogP contribution is -2.56. The van der Waals surface area contributed by atoms with Crippen LogP contribution in [0.15, 0.2) is 36.5 Å². The van der Waals surface area contributed by atoms with Gasteiger partial charge in [-0.05, 0) is 24.3 Å². The van der Waals surface area contributed by atoms with Crippen molar-refractivity contribution in [3.8, 4) is 5.88 Å². The number of rotatable bonds is 3. The molecule has 1 aromatic heterocycles. The molecule has 168 valence electrons. The fourth-order valence-corrected chi connectivity index (χ4v) is 2.76. The molecule has 1 fully saturated rings. The highest BCUT2D eigenvalue weighted by Gasteiger charge is 2.40. The average molecular weight is 458 g/mol. The van der Waals surface area contributed by atoms with E-state index in [1.165, 1.54) is 0 Å². The summed E-state index contributed by atoms with van der Waals surface area (Å²) < 4.78 is 121. The molecular weight excluding hydrogens is 447 g/mol. The van der Waals surface area contributed by atoms with Gasteiger partial charge in [-0.15, -0.1) is 0 Å². The van der Waals surface area contributed by atoms with Gasteiger partial charge in [0.25, 0.3) is 5.91 Å². The highest BCUT2D eigenvalue weighted by atomic mass is 19.4. The van der Waals surface area contributed by atoms with E-state index in [4.69, 9.17) is 4.74 Å². The minimum Gasteiger partial charge on any atom is -0.471 e. The molecule has 3 rings (SSSR count). The summed E-state index contributed by atoms with van der Waals surface area (Å²) in [6.07, 6.45) is -14.8. The summed E-state index contributed by atoms with van der Waals surface area (Å²) in [5, 5.41) is 0. The van der Waals surface area contributed by atoms with Crippen molar-refractivity contribution in [3.05, 3.63) is 58.8 Å². The summed E-state index contributed by atoms with van der Waals surface area (Å²) in [7, 11) is 0. The van der Waals surface area contributed by atoms with Gasteiger partial charge >= 0.3 is 18.5 Å². The summed E-state index contributed by atoms with van der Waals surface area (Å²) in [4.78, 5) is 16.9. The Labute approximate surface area is 168 Å². The number of benzene rings is 1. The smallest absolute Gasteiger partial charge is 0.416 e. The van der Waals surface area contributed by atoms with E-state index in [9.17, 15) is 44.3 Å². The molecule has 4 nitrogen and oxygen atoms in total. The van der Waals surface area contributed by atoms with Gasteiger partial charge in [-0.25, -0.2) is 4.98 Å². The van der Waals surface area contributed by atoms with Crippen molar-refractivity contribution < 1.29 is 49.0 Å². The fourth-order valence-electron chi connectivity index (χ4n) is 2.76. The van der Waals surface area contributed by atoms with Gasteiger partial charge in [-0.2, -0.15) is 39.5 Å². The van der Waals surface area contributed by atoms with Gasteiger partial charge in [0.2, 0.25) is 5.88 Å². The Bertz CT molecular complexity index is 945. The van der Waals surface area contributed by atoms with Crippen molar-refractivity contribution in [2.45, 2.75) is 24.6 Å². The van der Waals surface area contributed by atoms with Gasteiger partial charge in [0.15, 0.2) is 0 Å². The highest BCUT2D eigenvalue weighted by Crippen LogP contribution is 2.37. The molecule has 1 amide bonds. The van der Waals surface area contributed by atoms with Crippen LogP contribution in [0.25, 0.3) is 0 Å². The van der Waals surface area contributed by atoms with E-state index in [1.54, 1.807) is 0 Å². The van der Waals surface area contributed by atoms with Gasteiger partial charge in [0, 0.05) is 17.8 Å². The van der Waals surface area contributed by atoms with Gasteiger partial charge in [-0.3, -0.25) is 4.79 Å². The van der Waals surface area contributed by atoms with E-state index < -0.39 is 52.8 Å². The molecule has 0 saturated carbocycles. The van der Waals surface area contributed by atoms with E-state index in [2.05, 4.69) is 4.98 Å². The first-order valence-corrected chi connectivity index (χ1v) is 8.43. The lowest BCUT2D eigenvalue weighted by Gasteiger charge is -2.38. The maximum Gasteiger partial charge on any atom is 0.416 e. The number of nitrogens with zero attached hydrogens (tertiary/aromatic N) is 2. The second-order valence-corrected chi connectivity index (χ2v) is 6.63. The number of pyridine rings is 1. The first kappa shape index (κ1) is 22.7. The molecule has 31 heavy (non-hydrogen) atoms. The third-order valence-electron chi connectivity index (χ3n) is 4.32. The maximum atomic E-state index is 12.9. The van der Waals surface area contributed by atoms with E-state index in [-0.39, 0.29) is 25.0 Å². The SMILES string of the molecule is O=C(c1cc(C(F)(F)F)cc(C(F)(F)F)c1)N1CC(Oc2cc(C(F)(F)F)ccn2)C1. The fraction of sp³-hybridized carbons (Fsp3) is 0.333. The number of aromatic nitrogens is 1. The van der Waals surface area contributed by atoms with Crippen molar-refractivity contribution in [2.24, 2.45) is 0 Å². The van der Waals surface area contributed by atoms with Crippen molar-refractivity contribution in [1.82, 2.24) is 9.88 Å². The van der Waals surface area contributed by atoms with E-state index >= 15 is 0 Å². The molecule has 0 atom stereocenters. The first-order chi connectivity index (χ1) is 14.1. The third-order valence-corrected chi connectivity index (χ3v) is 4.32. The number of carbonyl (C=O) groups is 1. The molecule has 1 aliphatic rings. The molecule has 1 saturated heterocycles. The molecule has 0 aliphatic carbocycles. The van der Waals surface area contributed by atoms with Crippen LogP contribution in [-0.4, -0.2) is 35.0 Å². The minimum absolute atomic E-state index is 0.0991. The molecule has 1 aliphatic heterocycles. The second-order valence-electron chi connectivity index (χ2n) is 6.63. The van der Waals surface area contributed by atoms with Crippen LogP contribution in [0.5, 0.6) is 5.88 Å². The molecule has 13 heteroatoms. The molecule has 0 bridgehead atoms. The van der Waals surface area contributed by atoms with Crippen LogP contribution in [0.1, 0.15) is 27.0 Å². The Hall–Kier alpha value is -2.99. The summed E-state index contributed by atoms with van der Waals surface area (Å²) in [6.45, 7) is -0.511. The number of amides is 1. The van der Waals surface area contributed by atoms with Crippen LogP contribution in [0.2, 0.25) is 0 Å². The van der Waals surface area contributed by atoms with Crippen LogP contribution in [0.4, 0.5) is 39.5 Å². The van der Waals surface area contributed by atoms with E-state index in [0.29, 0.717) is 18.2 Å². The zero-order valence-electron chi connectivity index (χ0n) is 15.1. The number of ether oxygens (including phenoxy) is 1. The Balaban J connectivity index is 1.72. The lowest BCUT2D eigenvalue weighted by atomic mass is 10.0. The maximum absolute atomic E-state index is 12.9. The predicted molar refractivity (Wildman–Crippen MR) is 86.0 cm³/mol. The van der Waals surface area contributed by atoms with Gasteiger partial charge in [-0.1, -0.05) is 0 Å². The van der Waals surface area contributed by atoms with Gasteiger partial charge < -0.3 is 9.64 Å². The molecule has 0 N–H and O–H groups in total. The van der Waals surface area contributed by atoms with Crippen LogP contribution >= 0.6 is 0 Å². The van der Waals surface area contributed by atoms with Crippen molar-refractivity contribution in [2.75, 3.05) is 13.1 Å². The normalized spacial score (nSPS) is 15.6. The monoisotopic (exact) mass is 458 g/mol. The van der Waals surface area contributed by atoms with Gasteiger partial charge in [0.1, 0.15) is 6.10 Å². The molecule has 0 unspecified atom stereocenters. The van der Waals surface area contributed by atoms with Gasteiger partial charge in [0.05, 0.1) is 29.8 Å². The van der Waals surface area contributed by atoms with E-state index in [1.807, 2.05) is 0 Å². The Morgan fingerprint density at radius 2 is 1.35 bits per heavy atom. The van der Waals surface area contributed by atoms with Crippen molar-refractivity contribution in [3.63, 3.8) is 0 Å².